The Kier molecular flexibility index (Phi) is 4.74. The van der Waals surface area contributed by atoms with E-state index in [0.29, 0.717) is 0 Å². The molecule has 0 bridgehead atoms. The van der Waals surface area contributed by atoms with Crippen molar-refractivity contribution in [1.82, 2.24) is 5.32 Å². The molecule has 0 aromatic heterocycles. The van der Waals surface area contributed by atoms with E-state index in [1.54, 1.807) is 5.56 Å². The average molecular weight is 273 g/mol. The monoisotopic (exact) mass is 273 g/mol. The maximum absolute atomic E-state index is 5.66. The van der Waals surface area contributed by atoms with Gasteiger partial charge in [-0.05, 0) is 68.5 Å². The lowest BCUT2D eigenvalue weighted by Gasteiger charge is -2.37. The highest BCUT2D eigenvalue weighted by Gasteiger charge is 2.30. The first-order valence-corrected chi connectivity index (χ1v) is 8.19. The average Bonchev–Trinajstić information content (AvgIpc) is 3.21. The topological polar surface area (TPSA) is 21.3 Å². The number of ether oxygens (including phenoxy) is 1. The molecule has 2 saturated carbocycles. The molecule has 0 heterocycles. The van der Waals surface area contributed by atoms with Gasteiger partial charge in [0.15, 0.2) is 0 Å². The van der Waals surface area contributed by atoms with Crippen LogP contribution in [0.3, 0.4) is 0 Å². The number of benzene rings is 1. The molecule has 110 valence electrons. The maximum atomic E-state index is 5.66. The zero-order valence-corrected chi connectivity index (χ0v) is 12.6. The highest BCUT2D eigenvalue weighted by atomic mass is 16.5. The van der Waals surface area contributed by atoms with Gasteiger partial charge in [-0.3, -0.25) is 0 Å². The molecule has 1 aromatic rings. The van der Waals surface area contributed by atoms with Gasteiger partial charge in [0.05, 0.1) is 0 Å². The Morgan fingerprint density at radius 3 is 2.75 bits per heavy atom. The highest BCUT2D eigenvalue weighted by Crippen LogP contribution is 2.38. The molecule has 2 nitrogen and oxygen atoms in total. The van der Waals surface area contributed by atoms with Crippen molar-refractivity contribution in [2.75, 3.05) is 19.8 Å². The first kappa shape index (κ1) is 14.1. The lowest BCUT2D eigenvalue weighted by atomic mass is 9.74. The Morgan fingerprint density at radius 1 is 1.20 bits per heavy atom. The summed E-state index contributed by atoms with van der Waals surface area (Å²) in [7, 11) is 0. The molecule has 2 fully saturated rings. The molecule has 0 amide bonds. The van der Waals surface area contributed by atoms with E-state index in [1.807, 2.05) is 0 Å². The lowest BCUT2D eigenvalue weighted by molar-refractivity contribution is 0.120. The van der Waals surface area contributed by atoms with Crippen LogP contribution in [0.15, 0.2) is 24.3 Å². The van der Waals surface area contributed by atoms with Crippen molar-refractivity contribution in [3.63, 3.8) is 0 Å². The fourth-order valence-corrected chi connectivity index (χ4v) is 3.10. The smallest absolute Gasteiger partial charge is 0.0494 e. The fraction of sp³-hybridized carbons (Fsp3) is 0.667. The predicted molar refractivity (Wildman–Crippen MR) is 83.1 cm³/mol. The molecule has 0 unspecified atom stereocenters. The van der Waals surface area contributed by atoms with Crippen molar-refractivity contribution >= 4 is 0 Å². The van der Waals surface area contributed by atoms with Crippen LogP contribution in [0.4, 0.5) is 0 Å². The summed E-state index contributed by atoms with van der Waals surface area (Å²) in [6.45, 7) is 5.26. The molecule has 20 heavy (non-hydrogen) atoms. The second-order valence-electron chi connectivity index (χ2n) is 6.55. The summed E-state index contributed by atoms with van der Waals surface area (Å²) in [6, 6.07) is 9.55. The van der Waals surface area contributed by atoms with Crippen LogP contribution in [0.25, 0.3) is 0 Å². The van der Waals surface area contributed by atoms with Gasteiger partial charge in [-0.15, -0.1) is 0 Å². The van der Waals surface area contributed by atoms with Crippen molar-refractivity contribution < 1.29 is 4.74 Å². The molecule has 0 atom stereocenters. The molecule has 2 heteroatoms. The summed E-state index contributed by atoms with van der Waals surface area (Å²) in [5, 5.41) is 3.66. The van der Waals surface area contributed by atoms with Gasteiger partial charge in [0.25, 0.3) is 0 Å². The Hall–Kier alpha value is -0.860. The van der Waals surface area contributed by atoms with Gasteiger partial charge in [0.1, 0.15) is 0 Å². The zero-order chi connectivity index (χ0) is 13.8. The van der Waals surface area contributed by atoms with Gasteiger partial charge in [-0.1, -0.05) is 24.3 Å². The minimum absolute atomic E-state index is 0.725. The molecule has 0 saturated heterocycles. The van der Waals surface area contributed by atoms with Gasteiger partial charge in [-0.25, -0.2) is 0 Å². The van der Waals surface area contributed by atoms with E-state index in [9.17, 15) is 0 Å². The number of hydrogen-bond acceptors (Lipinski definition) is 2. The van der Waals surface area contributed by atoms with Crippen molar-refractivity contribution in [3.8, 4) is 0 Å². The minimum atomic E-state index is 0.725. The Bertz CT molecular complexity index is 421. The first-order valence-electron chi connectivity index (χ1n) is 8.19. The lowest BCUT2D eigenvalue weighted by Crippen LogP contribution is -2.40. The van der Waals surface area contributed by atoms with Crippen LogP contribution in [-0.4, -0.2) is 25.8 Å². The molecule has 0 aliphatic heterocycles. The summed E-state index contributed by atoms with van der Waals surface area (Å²) in [5.41, 5.74) is 3.00. The third-order valence-electron chi connectivity index (χ3n) is 4.72. The second kappa shape index (κ2) is 6.73. The fourth-order valence-electron chi connectivity index (χ4n) is 3.10. The quantitative estimate of drug-likeness (QED) is 0.730. The van der Waals surface area contributed by atoms with E-state index >= 15 is 0 Å². The third-order valence-corrected chi connectivity index (χ3v) is 4.72. The normalized spacial score (nSPS) is 25.4. The molecule has 0 radical (unpaired) electrons. The molecule has 2 aliphatic rings. The largest absolute Gasteiger partial charge is 0.381 e. The maximum Gasteiger partial charge on any atom is 0.0494 e. The van der Waals surface area contributed by atoms with Crippen molar-refractivity contribution in [1.29, 1.82) is 0 Å². The molecule has 2 aliphatic carbocycles. The predicted octanol–water partition coefficient (Wildman–Crippen LogP) is 3.65. The van der Waals surface area contributed by atoms with Crippen LogP contribution in [0.5, 0.6) is 0 Å². The van der Waals surface area contributed by atoms with E-state index in [1.165, 1.54) is 31.2 Å². The van der Waals surface area contributed by atoms with Crippen LogP contribution in [0.2, 0.25) is 0 Å². The molecule has 3 rings (SSSR count). The summed E-state index contributed by atoms with van der Waals surface area (Å²) in [5.74, 6) is 1.67. The first-order chi connectivity index (χ1) is 9.83. The van der Waals surface area contributed by atoms with Crippen LogP contribution < -0.4 is 5.32 Å². The Labute approximate surface area is 122 Å². The van der Waals surface area contributed by atoms with Crippen LogP contribution in [-0.2, 0) is 4.74 Å². The number of hydrogen-bond donors (Lipinski definition) is 1. The van der Waals surface area contributed by atoms with Crippen LogP contribution >= 0.6 is 0 Å². The molecule has 1 aromatic carbocycles. The van der Waals surface area contributed by atoms with E-state index in [4.69, 9.17) is 4.74 Å². The van der Waals surface area contributed by atoms with E-state index < -0.39 is 0 Å². The Balaban J connectivity index is 1.26. The summed E-state index contributed by atoms with van der Waals surface area (Å²) >= 11 is 0. The SMILES string of the molecule is Cc1ccccc1C1CC(NCCCOCC2CC2)C1. The molecule has 0 spiro atoms. The van der Waals surface area contributed by atoms with Crippen molar-refractivity contribution in [2.24, 2.45) is 5.92 Å². The number of aryl methyl sites for hydroxylation is 1. The molecular formula is C18H27NO. The molecule has 1 N–H and O–H groups in total. The van der Waals surface area contributed by atoms with Gasteiger partial charge in [0, 0.05) is 19.3 Å². The van der Waals surface area contributed by atoms with Gasteiger partial charge in [-0.2, -0.15) is 0 Å². The number of nitrogens with one attached hydrogen (secondary N) is 1. The standard InChI is InChI=1S/C18H27NO/c1-14-5-2-3-6-18(14)16-11-17(12-16)19-9-4-10-20-13-15-7-8-15/h2-3,5-6,15-17,19H,4,7-13H2,1H3. The van der Waals surface area contributed by atoms with E-state index in [2.05, 4.69) is 36.5 Å². The highest BCUT2D eigenvalue weighted by molar-refractivity contribution is 5.31. The summed E-state index contributed by atoms with van der Waals surface area (Å²) < 4.78 is 5.66. The van der Waals surface area contributed by atoms with Crippen LogP contribution in [0.1, 0.15) is 49.1 Å². The van der Waals surface area contributed by atoms with Crippen LogP contribution in [0, 0.1) is 12.8 Å². The summed E-state index contributed by atoms with van der Waals surface area (Å²) in [4.78, 5) is 0. The zero-order valence-electron chi connectivity index (χ0n) is 12.6. The van der Waals surface area contributed by atoms with Gasteiger partial charge in [0.2, 0.25) is 0 Å². The summed E-state index contributed by atoms with van der Waals surface area (Å²) in [6.07, 6.45) is 6.53. The third kappa shape index (κ3) is 3.83. The Morgan fingerprint density at radius 2 is 2.00 bits per heavy atom. The van der Waals surface area contributed by atoms with E-state index in [-0.39, 0.29) is 0 Å². The van der Waals surface area contributed by atoms with Crippen molar-refractivity contribution in [3.05, 3.63) is 35.4 Å². The second-order valence-corrected chi connectivity index (χ2v) is 6.55. The van der Waals surface area contributed by atoms with E-state index in [0.717, 1.165) is 44.1 Å². The van der Waals surface area contributed by atoms with Gasteiger partial charge >= 0.3 is 0 Å². The molecular weight excluding hydrogens is 246 g/mol. The van der Waals surface area contributed by atoms with Crippen molar-refractivity contribution in [2.45, 2.75) is 51.0 Å². The number of rotatable bonds is 8. The minimum Gasteiger partial charge on any atom is -0.381 e. The van der Waals surface area contributed by atoms with Gasteiger partial charge < -0.3 is 10.1 Å².